The molecule has 0 amide bonds. The van der Waals surface area contributed by atoms with Crippen molar-refractivity contribution < 1.29 is 23.0 Å². The zero-order chi connectivity index (χ0) is 15.1. The van der Waals surface area contributed by atoms with Crippen LogP contribution < -0.4 is 4.74 Å². The van der Waals surface area contributed by atoms with E-state index in [1.54, 1.807) is 0 Å². The standard InChI is InChI=1S/C11H6Cl2F3N2O2/c1-18-9(11(14,15)16)8(13)10(17-18)20-5-2-3-6(12)7(19)4-5/h2-4H,1H3. The zero-order valence-electron chi connectivity index (χ0n) is 9.83. The Hall–Kier alpha value is -1.60. The van der Waals surface area contributed by atoms with Gasteiger partial charge < -0.3 is 4.74 Å². The number of hydrogen-bond acceptors (Lipinski definition) is 2. The fourth-order valence-corrected chi connectivity index (χ4v) is 1.93. The summed E-state index contributed by atoms with van der Waals surface area (Å²) < 4.78 is 43.8. The Morgan fingerprint density at radius 2 is 1.95 bits per heavy atom. The molecule has 0 aliphatic rings. The molecule has 2 rings (SSSR count). The van der Waals surface area contributed by atoms with Gasteiger partial charge in [-0.25, -0.2) is 0 Å². The molecule has 0 fully saturated rings. The first-order chi connectivity index (χ1) is 9.20. The Bertz CT molecular complexity index is 656. The molecule has 0 spiro atoms. The number of aromatic nitrogens is 2. The lowest BCUT2D eigenvalue weighted by atomic mass is 10.3. The fourth-order valence-electron chi connectivity index (χ4n) is 1.51. The summed E-state index contributed by atoms with van der Waals surface area (Å²) >= 11 is 11.1. The number of benzene rings is 1. The largest absolute Gasteiger partial charge is 0.436 e. The van der Waals surface area contributed by atoms with Gasteiger partial charge in [-0.2, -0.15) is 13.2 Å². The summed E-state index contributed by atoms with van der Waals surface area (Å²) in [5.74, 6) is -0.969. The molecule has 0 aliphatic carbocycles. The summed E-state index contributed by atoms with van der Waals surface area (Å²) in [4.78, 5) is 0. The molecule has 0 saturated heterocycles. The highest BCUT2D eigenvalue weighted by atomic mass is 35.5. The highest BCUT2D eigenvalue weighted by Crippen LogP contribution is 2.40. The van der Waals surface area contributed by atoms with Crippen molar-refractivity contribution in [3.8, 4) is 17.4 Å². The Morgan fingerprint density at radius 1 is 1.30 bits per heavy atom. The Morgan fingerprint density at radius 3 is 2.45 bits per heavy atom. The Kier molecular flexibility index (Phi) is 3.75. The number of halogens is 5. The highest BCUT2D eigenvalue weighted by molar-refractivity contribution is 6.32. The van der Waals surface area contributed by atoms with Crippen LogP contribution in [0.15, 0.2) is 18.2 Å². The molecule has 0 bridgehead atoms. The van der Waals surface area contributed by atoms with Crippen molar-refractivity contribution in [2.24, 2.45) is 7.05 Å². The minimum atomic E-state index is -4.66. The summed E-state index contributed by atoms with van der Waals surface area (Å²) in [5.41, 5.74) is -1.13. The molecule has 1 aromatic heterocycles. The van der Waals surface area contributed by atoms with Gasteiger partial charge in [0, 0.05) is 13.1 Å². The molecular weight excluding hydrogens is 320 g/mol. The van der Waals surface area contributed by atoms with Gasteiger partial charge in [0.05, 0.1) is 5.02 Å². The van der Waals surface area contributed by atoms with E-state index in [2.05, 4.69) is 5.10 Å². The van der Waals surface area contributed by atoms with Crippen LogP contribution in [0, 0.1) is 0 Å². The van der Waals surface area contributed by atoms with Crippen molar-refractivity contribution in [2.75, 3.05) is 0 Å². The van der Waals surface area contributed by atoms with Crippen LogP contribution in [0.1, 0.15) is 5.69 Å². The Labute approximate surface area is 121 Å². The van der Waals surface area contributed by atoms with E-state index in [-0.39, 0.29) is 10.8 Å². The molecule has 0 aliphatic heterocycles. The number of nitrogens with zero attached hydrogens (tertiary/aromatic N) is 2. The van der Waals surface area contributed by atoms with Crippen molar-refractivity contribution in [2.45, 2.75) is 6.18 Å². The number of alkyl halides is 3. The van der Waals surface area contributed by atoms with E-state index in [1.807, 2.05) is 0 Å². The highest BCUT2D eigenvalue weighted by Gasteiger charge is 2.39. The maximum absolute atomic E-state index is 12.7. The Balaban J connectivity index is 2.37. The third-order valence-electron chi connectivity index (χ3n) is 2.35. The molecule has 107 valence electrons. The summed E-state index contributed by atoms with van der Waals surface area (Å²) in [7, 11) is 1.09. The first kappa shape index (κ1) is 14.8. The smallest absolute Gasteiger partial charge is 0.434 e. The molecule has 0 saturated carbocycles. The predicted octanol–water partition coefficient (Wildman–Crippen LogP) is 4.68. The minimum Gasteiger partial charge on any atom is -0.436 e. The zero-order valence-corrected chi connectivity index (χ0v) is 11.3. The molecule has 4 nitrogen and oxygen atoms in total. The number of ether oxygens (including phenoxy) is 1. The maximum Gasteiger partial charge on any atom is 0.434 e. The van der Waals surface area contributed by atoms with Crippen molar-refractivity contribution in [3.63, 3.8) is 0 Å². The van der Waals surface area contributed by atoms with Crippen molar-refractivity contribution >= 4 is 23.2 Å². The second-order valence-electron chi connectivity index (χ2n) is 3.78. The van der Waals surface area contributed by atoms with Gasteiger partial charge in [0.15, 0.2) is 5.69 Å². The minimum absolute atomic E-state index is 0.00637. The van der Waals surface area contributed by atoms with Crippen molar-refractivity contribution in [1.82, 2.24) is 9.78 Å². The van der Waals surface area contributed by atoms with E-state index in [9.17, 15) is 18.3 Å². The molecule has 1 aromatic carbocycles. The average molecular weight is 326 g/mol. The lowest BCUT2D eigenvalue weighted by Gasteiger charge is -2.06. The third-order valence-corrected chi connectivity index (χ3v) is 3.00. The third kappa shape index (κ3) is 2.78. The van der Waals surface area contributed by atoms with E-state index in [0.29, 0.717) is 4.68 Å². The molecule has 0 unspecified atom stereocenters. The first-order valence-electron chi connectivity index (χ1n) is 5.14. The van der Waals surface area contributed by atoms with Gasteiger partial charge in [0.25, 0.3) is 5.88 Å². The molecule has 0 atom stereocenters. The van der Waals surface area contributed by atoms with E-state index >= 15 is 0 Å². The van der Waals surface area contributed by atoms with Gasteiger partial charge in [-0.3, -0.25) is 9.79 Å². The second kappa shape index (κ2) is 5.06. The average Bonchev–Trinajstić information content (AvgIpc) is 2.58. The molecule has 9 heteroatoms. The molecule has 1 heterocycles. The number of hydrogen-bond donors (Lipinski definition) is 0. The van der Waals surface area contributed by atoms with Crippen LogP contribution in [0.4, 0.5) is 13.2 Å². The van der Waals surface area contributed by atoms with Gasteiger partial charge >= 0.3 is 6.18 Å². The fraction of sp³-hybridized carbons (Fsp3) is 0.182. The van der Waals surface area contributed by atoms with Crippen LogP contribution in [-0.2, 0) is 18.3 Å². The summed E-state index contributed by atoms with van der Waals surface area (Å²) in [6.45, 7) is 0. The number of aryl methyl sites for hydroxylation is 1. The molecule has 1 radical (unpaired) electrons. The van der Waals surface area contributed by atoms with Crippen LogP contribution in [0.2, 0.25) is 10.0 Å². The lowest BCUT2D eigenvalue weighted by molar-refractivity contribution is -0.143. The van der Waals surface area contributed by atoms with Gasteiger partial charge in [0.1, 0.15) is 10.8 Å². The van der Waals surface area contributed by atoms with E-state index in [4.69, 9.17) is 27.9 Å². The van der Waals surface area contributed by atoms with Crippen LogP contribution in [0.3, 0.4) is 0 Å². The number of rotatable bonds is 2. The monoisotopic (exact) mass is 325 g/mol. The normalized spacial score (nSPS) is 11.7. The van der Waals surface area contributed by atoms with Gasteiger partial charge in [-0.05, 0) is 12.1 Å². The van der Waals surface area contributed by atoms with E-state index in [1.165, 1.54) is 12.1 Å². The molecular formula is C11H6Cl2F3N2O2. The predicted molar refractivity (Wildman–Crippen MR) is 64.9 cm³/mol. The first-order valence-corrected chi connectivity index (χ1v) is 5.90. The quantitative estimate of drug-likeness (QED) is 0.804. The molecule has 20 heavy (non-hydrogen) atoms. The topological polar surface area (TPSA) is 47.0 Å². The summed E-state index contributed by atoms with van der Waals surface area (Å²) in [5, 5.41) is 14.1. The van der Waals surface area contributed by atoms with Crippen LogP contribution in [0.5, 0.6) is 17.4 Å². The second-order valence-corrected chi connectivity index (χ2v) is 4.57. The van der Waals surface area contributed by atoms with E-state index in [0.717, 1.165) is 13.1 Å². The van der Waals surface area contributed by atoms with Crippen LogP contribution in [-0.4, -0.2) is 9.78 Å². The molecule has 0 N–H and O–H groups in total. The van der Waals surface area contributed by atoms with Gasteiger partial charge in [-0.15, -0.1) is 5.10 Å². The van der Waals surface area contributed by atoms with E-state index < -0.39 is 28.5 Å². The maximum atomic E-state index is 12.7. The van der Waals surface area contributed by atoms with Crippen LogP contribution in [0.25, 0.3) is 0 Å². The SMILES string of the molecule is Cn1nc(Oc2ccc(Cl)c([O])c2)c(Cl)c1C(F)(F)F. The van der Waals surface area contributed by atoms with Crippen molar-refractivity contribution in [3.05, 3.63) is 33.9 Å². The van der Waals surface area contributed by atoms with Gasteiger partial charge in [-0.1, -0.05) is 23.2 Å². The summed E-state index contributed by atoms with van der Waals surface area (Å²) in [6.07, 6.45) is -4.66. The van der Waals surface area contributed by atoms with Gasteiger partial charge in [0.2, 0.25) is 5.75 Å². The summed E-state index contributed by atoms with van der Waals surface area (Å²) in [6, 6.07) is 3.61. The van der Waals surface area contributed by atoms with Crippen LogP contribution >= 0.6 is 23.2 Å². The molecule has 2 aromatic rings. The van der Waals surface area contributed by atoms with Crippen molar-refractivity contribution in [1.29, 1.82) is 0 Å². The lowest BCUT2D eigenvalue weighted by Crippen LogP contribution is -2.12.